The molecule has 100 valence electrons. The van der Waals surface area contributed by atoms with Crippen molar-refractivity contribution >= 4 is 5.82 Å². The SMILES string of the molecule is CCCNCc1cccc(N2CCCCC2C)n1. The molecule has 1 fully saturated rings. The van der Waals surface area contributed by atoms with E-state index in [-0.39, 0.29) is 0 Å². The van der Waals surface area contributed by atoms with Crippen molar-refractivity contribution in [2.45, 2.75) is 52.1 Å². The van der Waals surface area contributed by atoms with Crippen LogP contribution in [0.3, 0.4) is 0 Å². The van der Waals surface area contributed by atoms with Crippen LogP contribution >= 0.6 is 0 Å². The van der Waals surface area contributed by atoms with Gasteiger partial charge in [0.25, 0.3) is 0 Å². The third-order valence-electron chi connectivity index (χ3n) is 3.62. The van der Waals surface area contributed by atoms with Crippen molar-refractivity contribution in [1.29, 1.82) is 0 Å². The quantitative estimate of drug-likeness (QED) is 0.811. The van der Waals surface area contributed by atoms with Gasteiger partial charge in [0.15, 0.2) is 0 Å². The molecule has 0 bridgehead atoms. The smallest absolute Gasteiger partial charge is 0.129 e. The summed E-state index contributed by atoms with van der Waals surface area (Å²) in [5.74, 6) is 1.15. The molecular formula is C15H25N3. The number of nitrogens with one attached hydrogen (secondary N) is 1. The van der Waals surface area contributed by atoms with Gasteiger partial charge >= 0.3 is 0 Å². The van der Waals surface area contributed by atoms with Gasteiger partial charge in [0.2, 0.25) is 0 Å². The van der Waals surface area contributed by atoms with Crippen molar-refractivity contribution in [3.63, 3.8) is 0 Å². The minimum Gasteiger partial charge on any atom is -0.354 e. The highest BCUT2D eigenvalue weighted by Gasteiger charge is 2.19. The van der Waals surface area contributed by atoms with Gasteiger partial charge in [0, 0.05) is 19.1 Å². The third-order valence-corrected chi connectivity index (χ3v) is 3.62. The van der Waals surface area contributed by atoms with Gasteiger partial charge in [-0.05, 0) is 51.3 Å². The van der Waals surface area contributed by atoms with Gasteiger partial charge in [-0.15, -0.1) is 0 Å². The molecule has 0 amide bonds. The molecule has 1 saturated heterocycles. The molecule has 1 aliphatic rings. The zero-order chi connectivity index (χ0) is 12.8. The van der Waals surface area contributed by atoms with Gasteiger partial charge in [-0.3, -0.25) is 0 Å². The van der Waals surface area contributed by atoms with E-state index in [2.05, 4.69) is 42.3 Å². The van der Waals surface area contributed by atoms with Crippen LogP contribution in [0.1, 0.15) is 45.2 Å². The van der Waals surface area contributed by atoms with Crippen LogP contribution < -0.4 is 10.2 Å². The van der Waals surface area contributed by atoms with E-state index in [0.29, 0.717) is 6.04 Å². The van der Waals surface area contributed by atoms with E-state index in [1.807, 2.05) is 0 Å². The molecule has 3 nitrogen and oxygen atoms in total. The molecule has 1 aromatic rings. The summed E-state index contributed by atoms with van der Waals surface area (Å²) in [6, 6.07) is 7.02. The minimum atomic E-state index is 0.630. The number of hydrogen-bond acceptors (Lipinski definition) is 3. The molecule has 18 heavy (non-hydrogen) atoms. The minimum absolute atomic E-state index is 0.630. The maximum absolute atomic E-state index is 4.78. The summed E-state index contributed by atoms with van der Waals surface area (Å²) in [6.07, 6.45) is 5.11. The van der Waals surface area contributed by atoms with E-state index >= 15 is 0 Å². The zero-order valence-electron chi connectivity index (χ0n) is 11.7. The third kappa shape index (κ3) is 3.45. The number of pyridine rings is 1. The second-order valence-corrected chi connectivity index (χ2v) is 5.20. The first-order valence-corrected chi connectivity index (χ1v) is 7.24. The van der Waals surface area contributed by atoms with Crippen LogP contribution in [0.15, 0.2) is 18.2 Å². The van der Waals surface area contributed by atoms with Crippen LogP contribution in [0, 0.1) is 0 Å². The topological polar surface area (TPSA) is 28.2 Å². The van der Waals surface area contributed by atoms with E-state index in [9.17, 15) is 0 Å². The standard InChI is InChI=1S/C15H25N3/c1-3-10-16-12-14-8-6-9-15(17-14)18-11-5-4-7-13(18)2/h6,8-9,13,16H,3-5,7,10-12H2,1-2H3. The molecule has 1 N–H and O–H groups in total. The fourth-order valence-electron chi connectivity index (χ4n) is 2.56. The van der Waals surface area contributed by atoms with Crippen molar-refractivity contribution in [3.05, 3.63) is 23.9 Å². The van der Waals surface area contributed by atoms with Crippen LogP contribution in [-0.2, 0) is 6.54 Å². The Balaban J connectivity index is 2.01. The van der Waals surface area contributed by atoms with E-state index < -0.39 is 0 Å². The summed E-state index contributed by atoms with van der Waals surface area (Å²) >= 11 is 0. The highest BCUT2D eigenvalue weighted by molar-refractivity contribution is 5.40. The summed E-state index contributed by atoms with van der Waals surface area (Å²) in [5, 5.41) is 3.41. The van der Waals surface area contributed by atoms with E-state index in [4.69, 9.17) is 4.98 Å². The second-order valence-electron chi connectivity index (χ2n) is 5.20. The largest absolute Gasteiger partial charge is 0.354 e. The summed E-state index contributed by atoms with van der Waals surface area (Å²) in [5.41, 5.74) is 1.15. The lowest BCUT2D eigenvalue weighted by atomic mass is 10.0. The number of aromatic nitrogens is 1. The number of hydrogen-bond donors (Lipinski definition) is 1. The lowest BCUT2D eigenvalue weighted by molar-refractivity contribution is 0.480. The average Bonchev–Trinajstić information content (AvgIpc) is 2.40. The zero-order valence-corrected chi connectivity index (χ0v) is 11.7. The first-order valence-electron chi connectivity index (χ1n) is 7.24. The van der Waals surface area contributed by atoms with Crippen molar-refractivity contribution in [2.75, 3.05) is 18.0 Å². The normalized spacial score (nSPS) is 20.1. The highest BCUT2D eigenvalue weighted by atomic mass is 15.2. The number of nitrogens with zero attached hydrogens (tertiary/aromatic N) is 2. The predicted molar refractivity (Wildman–Crippen MR) is 76.9 cm³/mol. The Labute approximate surface area is 111 Å². The Morgan fingerprint density at radius 1 is 1.39 bits per heavy atom. The van der Waals surface area contributed by atoms with E-state index in [0.717, 1.165) is 31.1 Å². The molecule has 2 rings (SSSR count). The summed E-state index contributed by atoms with van der Waals surface area (Å²) in [4.78, 5) is 7.23. The molecule has 1 aliphatic heterocycles. The molecule has 1 aromatic heterocycles. The first kappa shape index (κ1) is 13.3. The molecule has 1 unspecified atom stereocenters. The highest BCUT2D eigenvalue weighted by Crippen LogP contribution is 2.22. The summed E-state index contributed by atoms with van der Waals surface area (Å²) in [7, 11) is 0. The molecule has 2 heterocycles. The summed E-state index contributed by atoms with van der Waals surface area (Å²) in [6.45, 7) is 7.59. The van der Waals surface area contributed by atoms with Gasteiger partial charge in [-0.25, -0.2) is 4.98 Å². The lowest BCUT2D eigenvalue weighted by Crippen LogP contribution is -2.38. The predicted octanol–water partition coefficient (Wildman–Crippen LogP) is 2.96. The van der Waals surface area contributed by atoms with Crippen LogP contribution in [-0.4, -0.2) is 24.1 Å². The molecule has 0 radical (unpaired) electrons. The van der Waals surface area contributed by atoms with Crippen molar-refractivity contribution in [2.24, 2.45) is 0 Å². The maximum Gasteiger partial charge on any atom is 0.129 e. The van der Waals surface area contributed by atoms with Crippen molar-refractivity contribution in [3.8, 4) is 0 Å². The van der Waals surface area contributed by atoms with Crippen molar-refractivity contribution in [1.82, 2.24) is 10.3 Å². The Bertz CT molecular complexity index is 365. The van der Waals surface area contributed by atoms with Gasteiger partial charge in [-0.2, -0.15) is 0 Å². The fraction of sp³-hybridized carbons (Fsp3) is 0.667. The molecular weight excluding hydrogens is 222 g/mol. The Hall–Kier alpha value is -1.09. The fourth-order valence-corrected chi connectivity index (χ4v) is 2.56. The van der Waals surface area contributed by atoms with E-state index in [1.54, 1.807) is 0 Å². The Morgan fingerprint density at radius 3 is 3.06 bits per heavy atom. The van der Waals surface area contributed by atoms with Gasteiger partial charge in [0.05, 0.1) is 5.69 Å². The molecule has 0 aliphatic carbocycles. The molecule has 0 spiro atoms. The summed E-state index contributed by atoms with van der Waals surface area (Å²) < 4.78 is 0. The molecule has 3 heteroatoms. The first-order chi connectivity index (χ1) is 8.81. The van der Waals surface area contributed by atoms with E-state index in [1.165, 1.54) is 25.7 Å². The van der Waals surface area contributed by atoms with Crippen molar-refractivity contribution < 1.29 is 0 Å². The second kappa shape index (κ2) is 6.74. The Kier molecular flexibility index (Phi) is 5.00. The number of rotatable bonds is 5. The molecule has 0 saturated carbocycles. The lowest BCUT2D eigenvalue weighted by Gasteiger charge is -2.34. The van der Waals surface area contributed by atoms with Gasteiger partial charge in [-0.1, -0.05) is 13.0 Å². The monoisotopic (exact) mass is 247 g/mol. The van der Waals surface area contributed by atoms with Gasteiger partial charge in [0.1, 0.15) is 5.82 Å². The van der Waals surface area contributed by atoms with Crippen LogP contribution in [0.4, 0.5) is 5.82 Å². The molecule has 0 aromatic carbocycles. The number of anilines is 1. The number of piperidine rings is 1. The van der Waals surface area contributed by atoms with Gasteiger partial charge < -0.3 is 10.2 Å². The molecule has 1 atom stereocenters. The maximum atomic E-state index is 4.78. The van der Waals surface area contributed by atoms with Crippen LogP contribution in [0.25, 0.3) is 0 Å². The van der Waals surface area contributed by atoms with Crippen LogP contribution in [0.5, 0.6) is 0 Å². The average molecular weight is 247 g/mol. The Morgan fingerprint density at radius 2 is 2.28 bits per heavy atom. The van der Waals surface area contributed by atoms with Crippen LogP contribution in [0.2, 0.25) is 0 Å².